The predicted molar refractivity (Wildman–Crippen MR) is 80.9 cm³/mol. The Kier molecular flexibility index (Phi) is 5.52. The Morgan fingerprint density at radius 2 is 2.11 bits per heavy atom. The van der Waals surface area contributed by atoms with Crippen LogP contribution in [0.15, 0.2) is 24.3 Å². The summed E-state index contributed by atoms with van der Waals surface area (Å²) in [5.74, 6) is 1.53. The van der Waals surface area contributed by atoms with Crippen LogP contribution in [0.25, 0.3) is 0 Å². The van der Waals surface area contributed by atoms with E-state index in [1.807, 2.05) is 6.07 Å². The molecule has 0 amide bonds. The van der Waals surface area contributed by atoms with Gasteiger partial charge in [0, 0.05) is 6.04 Å². The minimum atomic E-state index is 0.551. The molecule has 0 saturated carbocycles. The van der Waals surface area contributed by atoms with Crippen molar-refractivity contribution in [3.05, 3.63) is 24.3 Å². The van der Waals surface area contributed by atoms with Gasteiger partial charge in [0.1, 0.15) is 5.75 Å². The van der Waals surface area contributed by atoms with Crippen LogP contribution < -0.4 is 15.4 Å². The molecular formula is C16H26N2O. The second-order valence-corrected chi connectivity index (χ2v) is 5.72. The maximum atomic E-state index is 5.89. The Morgan fingerprint density at radius 1 is 1.26 bits per heavy atom. The van der Waals surface area contributed by atoms with E-state index in [0.29, 0.717) is 12.0 Å². The van der Waals surface area contributed by atoms with Crippen molar-refractivity contribution >= 4 is 5.69 Å². The summed E-state index contributed by atoms with van der Waals surface area (Å²) in [5.41, 5.74) is 1.13. The summed E-state index contributed by atoms with van der Waals surface area (Å²) in [7, 11) is 0. The zero-order chi connectivity index (χ0) is 13.5. The Labute approximate surface area is 116 Å². The number of hydrogen-bond acceptors (Lipinski definition) is 3. The first kappa shape index (κ1) is 14.2. The number of nitrogens with one attached hydrogen (secondary N) is 2. The zero-order valence-electron chi connectivity index (χ0n) is 12.1. The van der Waals surface area contributed by atoms with Crippen LogP contribution in [-0.4, -0.2) is 25.7 Å². The molecule has 0 aliphatic carbocycles. The molecule has 3 nitrogen and oxygen atoms in total. The van der Waals surface area contributed by atoms with Gasteiger partial charge in [0.25, 0.3) is 0 Å². The monoisotopic (exact) mass is 262 g/mol. The van der Waals surface area contributed by atoms with Crippen molar-refractivity contribution < 1.29 is 4.74 Å². The first-order valence-electron chi connectivity index (χ1n) is 7.45. The molecule has 0 bridgehead atoms. The molecule has 1 aliphatic rings. The topological polar surface area (TPSA) is 33.3 Å². The van der Waals surface area contributed by atoms with E-state index in [9.17, 15) is 0 Å². The summed E-state index contributed by atoms with van der Waals surface area (Å²) in [6.07, 6.45) is 3.65. The molecule has 1 aromatic carbocycles. The number of hydrogen-bond donors (Lipinski definition) is 2. The van der Waals surface area contributed by atoms with Crippen LogP contribution >= 0.6 is 0 Å². The van der Waals surface area contributed by atoms with Crippen LogP contribution in [0.3, 0.4) is 0 Å². The van der Waals surface area contributed by atoms with E-state index in [1.165, 1.54) is 19.3 Å². The molecule has 1 aromatic rings. The molecule has 2 N–H and O–H groups in total. The summed E-state index contributed by atoms with van der Waals surface area (Å²) >= 11 is 0. The van der Waals surface area contributed by atoms with Crippen molar-refractivity contribution in [3.8, 4) is 5.75 Å². The third kappa shape index (κ3) is 4.75. The number of para-hydroxylation sites is 2. The fourth-order valence-electron chi connectivity index (χ4n) is 2.35. The van der Waals surface area contributed by atoms with Crippen LogP contribution in [0.1, 0.15) is 33.1 Å². The van der Waals surface area contributed by atoms with Gasteiger partial charge in [0.2, 0.25) is 0 Å². The summed E-state index contributed by atoms with van der Waals surface area (Å²) in [6.45, 7) is 7.36. The molecular weight excluding hydrogens is 236 g/mol. The molecule has 1 saturated heterocycles. The Hall–Kier alpha value is -1.22. The lowest BCUT2D eigenvalue weighted by molar-refractivity contribution is 0.272. The molecule has 3 heteroatoms. The SMILES string of the molecule is CC(C)COc1ccccc1NC1CCCNCC1. The Balaban J connectivity index is 1.97. The molecule has 1 atom stereocenters. The fraction of sp³-hybridized carbons (Fsp3) is 0.625. The standard InChI is InChI=1S/C16H26N2O/c1-13(2)12-19-16-8-4-3-7-15(16)18-14-6-5-10-17-11-9-14/h3-4,7-8,13-14,17-18H,5-6,9-12H2,1-2H3. The molecule has 0 aromatic heterocycles. The van der Waals surface area contributed by atoms with E-state index in [-0.39, 0.29) is 0 Å². The number of anilines is 1. The molecule has 1 aliphatic heterocycles. The van der Waals surface area contributed by atoms with Crippen molar-refractivity contribution in [2.75, 3.05) is 25.0 Å². The van der Waals surface area contributed by atoms with Gasteiger partial charge in [-0.15, -0.1) is 0 Å². The van der Waals surface area contributed by atoms with Gasteiger partial charge in [-0.3, -0.25) is 0 Å². The van der Waals surface area contributed by atoms with Crippen LogP contribution in [0.2, 0.25) is 0 Å². The van der Waals surface area contributed by atoms with Gasteiger partial charge in [-0.25, -0.2) is 0 Å². The van der Waals surface area contributed by atoms with Gasteiger partial charge in [-0.05, 0) is 50.4 Å². The Morgan fingerprint density at radius 3 is 2.95 bits per heavy atom. The average Bonchev–Trinajstić information content (AvgIpc) is 2.66. The lowest BCUT2D eigenvalue weighted by Crippen LogP contribution is -2.22. The molecule has 0 radical (unpaired) electrons. The molecule has 19 heavy (non-hydrogen) atoms. The highest BCUT2D eigenvalue weighted by Crippen LogP contribution is 2.26. The normalized spacial score (nSPS) is 20.1. The lowest BCUT2D eigenvalue weighted by Gasteiger charge is -2.20. The molecule has 1 unspecified atom stereocenters. The maximum absolute atomic E-state index is 5.89. The Bertz CT molecular complexity index is 371. The first-order chi connectivity index (χ1) is 9.25. The minimum Gasteiger partial charge on any atom is -0.491 e. The highest BCUT2D eigenvalue weighted by molar-refractivity contribution is 5.56. The number of rotatable bonds is 5. The lowest BCUT2D eigenvalue weighted by atomic mass is 10.1. The zero-order valence-corrected chi connectivity index (χ0v) is 12.1. The minimum absolute atomic E-state index is 0.551. The highest BCUT2D eigenvalue weighted by atomic mass is 16.5. The van der Waals surface area contributed by atoms with Crippen LogP contribution in [0.5, 0.6) is 5.75 Å². The van der Waals surface area contributed by atoms with Crippen LogP contribution in [0, 0.1) is 5.92 Å². The number of ether oxygens (including phenoxy) is 1. The first-order valence-corrected chi connectivity index (χ1v) is 7.45. The van der Waals surface area contributed by atoms with E-state index in [1.54, 1.807) is 0 Å². The molecule has 0 spiro atoms. The summed E-state index contributed by atoms with van der Waals surface area (Å²) < 4.78 is 5.89. The highest BCUT2D eigenvalue weighted by Gasteiger charge is 2.13. The largest absolute Gasteiger partial charge is 0.491 e. The second-order valence-electron chi connectivity index (χ2n) is 5.72. The fourth-order valence-corrected chi connectivity index (χ4v) is 2.35. The van der Waals surface area contributed by atoms with Gasteiger partial charge < -0.3 is 15.4 Å². The molecule has 1 heterocycles. The predicted octanol–water partition coefficient (Wildman–Crippen LogP) is 3.28. The second kappa shape index (κ2) is 7.39. The molecule has 106 valence electrons. The van der Waals surface area contributed by atoms with Gasteiger partial charge >= 0.3 is 0 Å². The van der Waals surface area contributed by atoms with E-state index < -0.39 is 0 Å². The van der Waals surface area contributed by atoms with Gasteiger partial charge in [-0.2, -0.15) is 0 Å². The van der Waals surface area contributed by atoms with E-state index in [4.69, 9.17) is 4.74 Å². The van der Waals surface area contributed by atoms with Gasteiger partial charge in [0.05, 0.1) is 12.3 Å². The maximum Gasteiger partial charge on any atom is 0.142 e. The third-order valence-electron chi connectivity index (χ3n) is 3.39. The van der Waals surface area contributed by atoms with E-state index >= 15 is 0 Å². The van der Waals surface area contributed by atoms with Crippen molar-refractivity contribution in [1.29, 1.82) is 0 Å². The van der Waals surface area contributed by atoms with Crippen molar-refractivity contribution in [2.24, 2.45) is 5.92 Å². The average molecular weight is 262 g/mol. The van der Waals surface area contributed by atoms with Gasteiger partial charge in [-0.1, -0.05) is 26.0 Å². The summed E-state index contributed by atoms with van der Waals surface area (Å²) in [4.78, 5) is 0. The van der Waals surface area contributed by atoms with Crippen molar-refractivity contribution in [1.82, 2.24) is 5.32 Å². The van der Waals surface area contributed by atoms with Crippen LogP contribution in [0.4, 0.5) is 5.69 Å². The smallest absolute Gasteiger partial charge is 0.142 e. The van der Waals surface area contributed by atoms with Crippen molar-refractivity contribution in [3.63, 3.8) is 0 Å². The van der Waals surface area contributed by atoms with E-state index in [2.05, 4.69) is 42.7 Å². The van der Waals surface area contributed by atoms with Crippen molar-refractivity contribution in [2.45, 2.75) is 39.2 Å². The van der Waals surface area contributed by atoms with Crippen LogP contribution in [-0.2, 0) is 0 Å². The summed E-state index contributed by atoms with van der Waals surface area (Å²) in [6, 6.07) is 8.83. The van der Waals surface area contributed by atoms with Gasteiger partial charge in [0.15, 0.2) is 0 Å². The number of benzene rings is 1. The third-order valence-corrected chi connectivity index (χ3v) is 3.39. The molecule has 2 rings (SSSR count). The quantitative estimate of drug-likeness (QED) is 0.854. The summed E-state index contributed by atoms with van der Waals surface area (Å²) in [5, 5.41) is 7.09. The molecule has 1 fully saturated rings. The van der Waals surface area contributed by atoms with E-state index in [0.717, 1.165) is 31.1 Å².